The number of rotatable bonds is 2. The Morgan fingerprint density at radius 1 is 1.28 bits per heavy atom. The molecule has 0 saturated heterocycles. The molecule has 1 aromatic heterocycles. The highest BCUT2D eigenvalue weighted by atomic mass is 79.9. The lowest BCUT2D eigenvalue weighted by atomic mass is 10.1. The quantitative estimate of drug-likeness (QED) is 0.833. The molecule has 0 aliphatic heterocycles. The lowest BCUT2D eigenvalue weighted by Gasteiger charge is -2.16. The summed E-state index contributed by atoms with van der Waals surface area (Å²) in [5.74, 6) is 0.405. The van der Waals surface area contributed by atoms with E-state index in [0.29, 0.717) is 5.75 Å². The minimum absolute atomic E-state index is 0.243. The van der Waals surface area contributed by atoms with E-state index < -0.39 is 0 Å². The average molecular weight is 305 g/mol. The normalized spacial score (nSPS) is 17.5. The molecule has 1 aliphatic carbocycles. The molecule has 1 heterocycles. The van der Waals surface area contributed by atoms with E-state index in [1.807, 2.05) is 18.2 Å². The molecule has 92 valence electrons. The second-order valence-corrected chi connectivity index (χ2v) is 5.17. The molecule has 0 bridgehead atoms. The van der Waals surface area contributed by atoms with Crippen LogP contribution in [0.2, 0.25) is 0 Å². The maximum absolute atomic E-state index is 9.82. The molecular weight excluding hydrogens is 292 g/mol. The highest BCUT2D eigenvalue weighted by Gasteiger charge is 2.24. The summed E-state index contributed by atoms with van der Waals surface area (Å²) in [6, 6.07) is 9.87. The van der Waals surface area contributed by atoms with Crippen LogP contribution in [-0.4, -0.2) is 10.1 Å². The highest BCUT2D eigenvalue weighted by molar-refractivity contribution is 9.10. The first kappa shape index (κ1) is 11.5. The molecule has 3 rings (SSSR count). The van der Waals surface area contributed by atoms with Gasteiger partial charge in [-0.25, -0.2) is 4.98 Å². The molecule has 1 unspecified atom stereocenters. The van der Waals surface area contributed by atoms with Crippen molar-refractivity contribution in [2.24, 2.45) is 0 Å². The number of hydrogen-bond acceptors (Lipinski definition) is 3. The van der Waals surface area contributed by atoms with E-state index in [0.717, 1.165) is 28.7 Å². The number of aromatic nitrogens is 1. The smallest absolute Gasteiger partial charge is 0.129 e. The van der Waals surface area contributed by atoms with Gasteiger partial charge in [-0.3, -0.25) is 0 Å². The number of benzene rings is 1. The first-order valence-corrected chi connectivity index (χ1v) is 6.73. The van der Waals surface area contributed by atoms with E-state index in [2.05, 4.69) is 32.3 Å². The van der Waals surface area contributed by atoms with Crippen molar-refractivity contribution in [2.75, 3.05) is 5.32 Å². The monoisotopic (exact) mass is 304 g/mol. The van der Waals surface area contributed by atoms with Crippen molar-refractivity contribution < 1.29 is 5.11 Å². The predicted molar refractivity (Wildman–Crippen MR) is 74.7 cm³/mol. The lowest BCUT2D eigenvalue weighted by molar-refractivity contribution is 0.469. The van der Waals surface area contributed by atoms with Crippen molar-refractivity contribution in [1.29, 1.82) is 0 Å². The first-order valence-electron chi connectivity index (χ1n) is 5.93. The van der Waals surface area contributed by atoms with Gasteiger partial charge in [0.05, 0.1) is 11.7 Å². The number of fused-ring (bicyclic) bond motifs is 1. The van der Waals surface area contributed by atoms with Gasteiger partial charge in [0.1, 0.15) is 10.4 Å². The third kappa shape index (κ3) is 1.97. The van der Waals surface area contributed by atoms with Gasteiger partial charge in [-0.05, 0) is 58.1 Å². The largest absolute Gasteiger partial charge is 0.508 e. The van der Waals surface area contributed by atoms with E-state index in [1.54, 1.807) is 12.3 Å². The number of phenols is 1. The average Bonchev–Trinajstić information content (AvgIpc) is 2.77. The fourth-order valence-electron chi connectivity index (χ4n) is 2.47. The number of halogens is 1. The zero-order valence-electron chi connectivity index (χ0n) is 9.73. The number of phenolic OH excluding ortho intramolecular Hbond substituents is 1. The maximum atomic E-state index is 9.82. The van der Waals surface area contributed by atoms with Crippen molar-refractivity contribution in [3.05, 3.63) is 52.3 Å². The van der Waals surface area contributed by atoms with E-state index in [4.69, 9.17) is 0 Å². The number of pyridine rings is 1. The van der Waals surface area contributed by atoms with E-state index in [9.17, 15) is 5.11 Å². The predicted octanol–water partition coefficient (Wildman–Crippen LogP) is 3.65. The van der Waals surface area contributed by atoms with Crippen LogP contribution in [0.4, 0.5) is 5.69 Å². The molecule has 0 saturated carbocycles. The van der Waals surface area contributed by atoms with Gasteiger partial charge in [-0.15, -0.1) is 0 Å². The minimum atomic E-state index is 0.243. The molecule has 4 heteroatoms. The Hall–Kier alpha value is -1.55. The summed E-state index contributed by atoms with van der Waals surface area (Å²) in [6.07, 6.45) is 3.66. The van der Waals surface area contributed by atoms with Gasteiger partial charge in [-0.1, -0.05) is 12.1 Å². The Morgan fingerprint density at radius 2 is 2.17 bits per heavy atom. The number of hydrogen-bond donors (Lipinski definition) is 2. The molecule has 2 aromatic rings. The van der Waals surface area contributed by atoms with Gasteiger partial charge in [0.15, 0.2) is 0 Å². The van der Waals surface area contributed by atoms with Crippen LogP contribution in [0.3, 0.4) is 0 Å². The zero-order chi connectivity index (χ0) is 12.5. The molecule has 1 atom stereocenters. The van der Waals surface area contributed by atoms with Crippen LogP contribution in [0.15, 0.2) is 41.1 Å². The molecule has 0 fully saturated rings. The third-order valence-corrected chi connectivity index (χ3v) is 3.97. The fraction of sp³-hybridized carbons (Fsp3) is 0.214. The molecule has 3 nitrogen and oxygen atoms in total. The molecule has 1 aliphatic rings. The van der Waals surface area contributed by atoms with E-state index in [1.165, 1.54) is 5.56 Å². The standard InChI is InChI=1S/C14H13BrN2O/c15-14-12(4-2-8-16-14)17-11-7-6-10-9(11)3-1-5-13(10)18/h1-5,8,11,17-18H,6-7H2. The summed E-state index contributed by atoms with van der Waals surface area (Å²) in [5.41, 5.74) is 3.24. The highest BCUT2D eigenvalue weighted by Crippen LogP contribution is 2.38. The fourth-order valence-corrected chi connectivity index (χ4v) is 2.83. The Morgan fingerprint density at radius 3 is 3.00 bits per heavy atom. The SMILES string of the molecule is Oc1cccc2c1CCC2Nc1cccnc1Br. The summed E-state index contributed by atoms with van der Waals surface area (Å²) in [4.78, 5) is 4.20. The molecule has 1 aromatic carbocycles. The van der Waals surface area contributed by atoms with Crippen LogP contribution < -0.4 is 5.32 Å². The van der Waals surface area contributed by atoms with Gasteiger partial charge in [-0.2, -0.15) is 0 Å². The summed E-state index contributed by atoms with van der Waals surface area (Å²) in [5, 5.41) is 13.3. The van der Waals surface area contributed by atoms with Crippen LogP contribution in [0.25, 0.3) is 0 Å². The van der Waals surface area contributed by atoms with Gasteiger partial charge in [0.2, 0.25) is 0 Å². The molecule has 0 radical (unpaired) electrons. The second kappa shape index (κ2) is 4.61. The summed E-state index contributed by atoms with van der Waals surface area (Å²) in [6.45, 7) is 0. The van der Waals surface area contributed by atoms with Gasteiger partial charge in [0.25, 0.3) is 0 Å². The van der Waals surface area contributed by atoms with Crippen LogP contribution >= 0.6 is 15.9 Å². The lowest BCUT2D eigenvalue weighted by Crippen LogP contribution is -2.07. The summed E-state index contributed by atoms with van der Waals surface area (Å²) < 4.78 is 0.818. The zero-order valence-corrected chi connectivity index (χ0v) is 11.3. The Labute approximate surface area is 114 Å². The Kier molecular flexibility index (Phi) is 2.96. The van der Waals surface area contributed by atoms with E-state index in [-0.39, 0.29) is 6.04 Å². The van der Waals surface area contributed by atoms with Gasteiger partial charge in [0, 0.05) is 6.20 Å². The van der Waals surface area contributed by atoms with Crippen LogP contribution in [0.1, 0.15) is 23.6 Å². The number of aromatic hydroxyl groups is 1. The van der Waals surface area contributed by atoms with E-state index >= 15 is 0 Å². The summed E-state index contributed by atoms with van der Waals surface area (Å²) >= 11 is 3.43. The van der Waals surface area contributed by atoms with Crippen molar-refractivity contribution in [3.8, 4) is 5.75 Å². The first-order chi connectivity index (χ1) is 8.75. The number of nitrogens with one attached hydrogen (secondary N) is 1. The van der Waals surface area contributed by atoms with Crippen molar-refractivity contribution in [2.45, 2.75) is 18.9 Å². The van der Waals surface area contributed by atoms with Crippen molar-refractivity contribution in [3.63, 3.8) is 0 Å². The second-order valence-electron chi connectivity index (χ2n) is 4.42. The van der Waals surface area contributed by atoms with Gasteiger partial charge >= 0.3 is 0 Å². The topological polar surface area (TPSA) is 45.1 Å². The Bertz CT molecular complexity index is 586. The number of anilines is 1. The van der Waals surface area contributed by atoms with Gasteiger partial charge < -0.3 is 10.4 Å². The van der Waals surface area contributed by atoms with Crippen molar-refractivity contribution >= 4 is 21.6 Å². The van der Waals surface area contributed by atoms with Crippen molar-refractivity contribution in [1.82, 2.24) is 4.98 Å². The summed E-state index contributed by atoms with van der Waals surface area (Å²) in [7, 11) is 0. The molecule has 2 N–H and O–H groups in total. The molecular formula is C14H13BrN2O. The molecule has 0 amide bonds. The van der Waals surface area contributed by atoms with Crippen LogP contribution in [0, 0.1) is 0 Å². The third-order valence-electron chi connectivity index (χ3n) is 3.33. The Balaban J connectivity index is 1.90. The minimum Gasteiger partial charge on any atom is -0.508 e. The molecule has 0 spiro atoms. The number of nitrogens with zero attached hydrogens (tertiary/aromatic N) is 1. The van der Waals surface area contributed by atoms with Crippen LogP contribution in [-0.2, 0) is 6.42 Å². The van der Waals surface area contributed by atoms with Crippen LogP contribution in [0.5, 0.6) is 5.75 Å². The maximum Gasteiger partial charge on any atom is 0.129 e. The molecule has 18 heavy (non-hydrogen) atoms.